The fraction of sp³-hybridized carbons (Fsp3) is 0.455. The van der Waals surface area contributed by atoms with Crippen LogP contribution in [0.2, 0.25) is 0 Å². The van der Waals surface area contributed by atoms with Gasteiger partial charge in [0.2, 0.25) is 11.9 Å². The summed E-state index contributed by atoms with van der Waals surface area (Å²) in [4.78, 5) is 25.5. The number of carbonyl (C=O) groups excluding carboxylic acids is 1. The van der Waals surface area contributed by atoms with Crippen molar-refractivity contribution in [1.82, 2.24) is 15.3 Å². The number of rotatable bonds is 8. The molecule has 0 saturated heterocycles. The number of amides is 1. The molecule has 2 aromatic rings. The lowest BCUT2D eigenvalue weighted by molar-refractivity contribution is -0.117. The van der Waals surface area contributed by atoms with Crippen LogP contribution < -0.4 is 21.7 Å². The van der Waals surface area contributed by atoms with Crippen LogP contribution >= 0.6 is 11.3 Å². The second kappa shape index (κ2) is 9.91. The van der Waals surface area contributed by atoms with Gasteiger partial charge < -0.3 is 21.7 Å². The summed E-state index contributed by atoms with van der Waals surface area (Å²) in [6.45, 7) is 3.52. The molecule has 164 valence electrons. The molecular weight excluding hydrogens is 410 g/mol. The Morgan fingerprint density at radius 2 is 1.97 bits per heavy atom. The van der Waals surface area contributed by atoms with E-state index in [2.05, 4.69) is 32.5 Å². The predicted molar refractivity (Wildman–Crippen MR) is 127 cm³/mol. The highest BCUT2D eigenvalue weighted by Gasteiger charge is 2.23. The molecule has 0 spiro atoms. The van der Waals surface area contributed by atoms with Crippen molar-refractivity contribution in [2.45, 2.75) is 63.1 Å². The standard InChI is InChI=1S/C22H29N7OS/c1-2-19(30)25-15-6-8-16(9-7-15)26-21-20-18(10-11-31-20)28-22(29-21)27-17(12-23)13-24-14-4-3-5-14/h2,10-16H,1,3-9,23H2,(H,25,30)(H2,26,27,28,29). The van der Waals surface area contributed by atoms with Gasteiger partial charge in [-0.25, -0.2) is 4.98 Å². The van der Waals surface area contributed by atoms with Gasteiger partial charge in [0.25, 0.3) is 0 Å². The van der Waals surface area contributed by atoms with Gasteiger partial charge in [0, 0.05) is 24.5 Å². The lowest BCUT2D eigenvalue weighted by atomic mass is 9.91. The minimum atomic E-state index is -0.104. The van der Waals surface area contributed by atoms with E-state index in [1.54, 1.807) is 17.6 Å². The topological polar surface area (TPSA) is 117 Å². The normalized spacial score (nSPS) is 22.3. The molecule has 0 aliphatic heterocycles. The van der Waals surface area contributed by atoms with E-state index in [4.69, 9.17) is 10.7 Å². The highest BCUT2D eigenvalue weighted by atomic mass is 32.1. The first-order valence-corrected chi connectivity index (χ1v) is 11.7. The Morgan fingerprint density at radius 1 is 1.19 bits per heavy atom. The zero-order valence-electron chi connectivity index (χ0n) is 17.5. The predicted octanol–water partition coefficient (Wildman–Crippen LogP) is 3.55. The largest absolute Gasteiger partial charge is 0.403 e. The van der Waals surface area contributed by atoms with Crippen molar-refractivity contribution >= 4 is 45.4 Å². The smallest absolute Gasteiger partial charge is 0.243 e. The van der Waals surface area contributed by atoms with Crippen LogP contribution in [0.5, 0.6) is 0 Å². The monoisotopic (exact) mass is 439 g/mol. The fourth-order valence-electron chi connectivity index (χ4n) is 3.82. The molecule has 4 rings (SSSR count). The Labute approximate surface area is 186 Å². The molecular formula is C22H29N7OS. The molecule has 0 unspecified atom stereocenters. The van der Waals surface area contributed by atoms with Gasteiger partial charge in [-0.2, -0.15) is 4.98 Å². The molecule has 0 atom stereocenters. The highest BCUT2D eigenvalue weighted by Crippen LogP contribution is 2.30. The molecule has 2 aliphatic carbocycles. The van der Waals surface area contributed by atoms with Crippen LogP contribution in [0.25, 0.3) is 10.2 Å². The van der Waals surface area contributed by atoms with E-state index in [9.17, 15) is 4.79 Å². The second-order valence-electron chi connectivity index (χ2n) is 8.05. The third kappa shape index (κ3) is 5.41. The number of aliphatic imine (C=N–C) groups is 1. The quantitative estimate of drug-likeness (QED) is 0.369. The molecule has 2 fully saturated rings. The van der Waals surface area contributed by atoms with Crippen molar-refractivity contribution in [3.63, 3.8) is 0 Å². The van der Waals surface area contributed by atoms with Gasteiger partial charge in [-0.1, -0.05) is 6.58 Å². The number of nitrogens with zero attached hydrogens (tertiary/aromatic N) is 3. The van der Waals surface area contributed by atoms with Crippen molar-refractivity contribution in [1.29, 1.82) is 0 Å². The number of thiophene rings is 1. The number of carbonyl (C=O) groups is 1. The van der Waals surface area contributed by atoms with Gasteiger partial charge in [-0.3, -0.25) is 9.79 Å². The number of hydrogen-bond donors (Lipinski definition) is 4. The van der Waals surface area contributed by atoms with E-state index in [1.165, 1.54) is 18.7 Å². The molecule has 1 amide bonds. The molecule has 5 N–H and O–H groups in total. The number of aromatic nitrogens is 2. The zero-order chi connectivity index (χ0) is 21.6. The molecule has 2 heterocycles. The summed E-state index contributed by atoms with van der Waals surface area (Å²) in [5, 5.41) is 11.8. The summed E-state index contributed by atoms with van der Waals surface area (Å²) >= 11 is 1.62. The van der Waals surface area contributed by atoms with Crippen molar-refractivity contribution in [2.24, 2.45) is 10.7 Å². The van der Waals surface area contributed by atoms with Gasteiger partial charge in [0.1, 0.15) is 5.82 Å². The minimum Gasteiger partial charge on any atom is -0.403 e. The van der Waals surface area contributed by atoms with E-state index in [0.29, 0.717) is 23.7 Å². The van der Waals surface area contributed by atoms with Crippen LogP contribution in [0.15, 0.2) is 41.0 Å². The molecule has 0 bridgehead atoms. The zero-order valence-corrected chi connectivity index (χ0v) is 18.3. The molecule has 31 heavy (non-hydrogen) atoms. The lowest BCUT2D eigenvalue weighted by Crippen LogP contribution is -2.39. The van der Waals surface area contributed by atoms with Gasteiger partial charge in [-0.05, 0) is 62.5 Å². The minimum absolute atomic E-state index is 0.104. The van der Waals surface area contributed by atoms with Gasteiger partial charge >= 0.3 is 0 Å². The Kier molecular flexibility index (Phi) is 6.81. The maximum Gasteiger partial charge on any atom is 0.243 e. The number of nitrogens with one attached hydrogen (secondary N) is 3. The summed E-state index contributed by atoms with van der Waals surface area (Å²) in [5.41, 5.74) is 7.36. The summed E-state index contributed by atoms with van der Waals surface area (Å²) in [7, 11) is 0. The maximum atomic E-state index is 11.5. The number of allylic oxidation sites excluding steroid dienone is 1. The van der Waals surface area contributed by atoms with Gasteiger partial charge in [-0.15, -0.1) is 11.3 Å². The average Bonchev–Trinajstić information content (AvgIpc) is 3.22. The van der Waals surface area contributed by atoms with Crippen molar-refractivity contribution in [3.05, 3.63) is 36.0 Å². The number of fused-ring (bicyclic) bond motifs is 1. The van der Waals surface area contributed by atoms with Crippen LogP contribution in [0.1, 0.15) is 44.9 Å². The van der Waals surface area contributed by atoms with E-state index in [-0.39, 0.29) is 11.9 Å². The first kappa shape index (κ1) is 21.3. The molecule has 2 aliphatic rings. The van der Waals surface area contributed by atoms with Gasteiger partial charge in [0.05, 0.1) is 22.0 Å². The van der Waals surface area contributed by atoms with E-state index < -0.39 is 0 Å². The number of hydrogen-bond acceptors (Lipinski definition) is 8. The molecule has 8 nitrogen and oxygen atoms in total. The SMILES string of the molecule is C=CC(=O)NC1CCC(Nc2nc(NC(C=NC3CCC3)=CN)nc3ccsc23)CC1. The molecule has 2 saturated carbocycles. The lowest BCUT2D eigenvalue weighted by Gasteiger charge is -2.29. The third-order valence-electron chi connectivity index (χ3n) is 5.84. The summed E-state index contributed by atoms with van der Waals surface area (Å²) in [6, 6.07) is 2.91. The average molecular weight is 440 g/mol. The van der Waals surface area contributed by atoms with Crippen LogP contribution in [-0.4, -0.2) is 40.2 Å². The fourth-order valence-corrected chi connectivity index (χ4v) is 4.60. The number of nitrogens with two attached hydrogens (primary N) is 1. The molecule has 9 heteroatoms. The van der Waals surface area contributed by atoms with Crippen molar-refractivity contribution in [3.8, 4) is 0 Å². The summed E-state index contributed by atoms with van der Waals surface area (Å²) < 4.78 is 1.04. The first-order chi connectivity index (χ1) is 15.1. The molecule has 0 aromatic carbocycles. The van der Waals surface area contributed by atoms with E-state index in [0.717, 1.165) is 54.6 Å². The Morgan fingerprint density at radius 3 is 2.65 bits per heavy atom. The Balaban J connectivity index is 1.43. The van der Waals surface area contributed by atoms with Crippen LogP contribution in [0, 0.1) is 0 Å². The molecule has 0 radical (unpaired) electrons. The Bertz CT molecular complexity index is 987. The second-order valence-corrected chi connectivity index (χ2v) is 8.96. The van der Waals surface area contributed by atoms with Crippen molar-refractivity contribution in [2.75, 3.05) is 10.6 Å². The summed E-state index contributed by atoms with van der Waals surface area (Å²) in [6.07, 6.45) is 11.9. The van der Waals surface area contributed by atoms with Crippen LogP contribution in [0.3, 0.4) is 0 Å². The highest BCUT2D eigenvalue weighted by molar-refractivity contribution is 7.17. The van der Waals surface area contributed by atoms with Crippen LogP contribution in [0.4, 0.5) is 11.8 Å². The Hall–Kier alpha value is -2.94. The van der Waals surface area contributed by atoms with Gasteiger partial charge in [0.15, 0.2) is 0 Å². The van der Waals surface area contributed by atoms with Crippen LogP contribution in [-0.2, 0) is 4.79 Å². The summed E-state index contributed by atoms with van der Waals surface area (Å²) in [5.74, 6) is 1.22. The van der Waals surface area contributed by atoms with E-state index >= 15 is 0 Å². The molecule has 2 aromatic heterocycles. The number of anilines is 2. The first-order valence-electron chi connectivity index (χ1n) is 10.8. The van der Waals surface area contributed by atoms with E-state index in [1.807, 2.05) is 11.4 Å². The maximum absolute atomic E-state index is 11.5. The third-order valence-corrected chi connectivity index (χ3v) is 6.75. The van der Waals surface area contributed by atoms with Crippen molar-refractivity contribution < 1.29 is 4.79 Å².